The molecule has 0 radical (unpaired) electrons. The Morgan fingerprint density at radius 1 is 1.32 bits per heavy atom. The van der Waals surface area contributed by atoms with Crippen molar-refractivity contribution in [1.29, 1.82) is 0 Å². The van der Waals surface area contributed by atoms with Gasteiger partial charge in [0.15, 0.2) is 0 Å². The van der Waals surface area contributed by atoms with Crippen LogP contribution in [0.3, 0.4) is 0 Å². The van der Waals surface area contributed by atoms with Crippen LogP contribution in [0.5, 0.6) is 0 Å². The highest BCUT2D eigenvalue weighted by Gasteiger charge is 2.42. The Hall–Kier alpha value is -2.11. The number of terminal acetylenes is 1. The quantitative estimate of drug-likeness (QED) is 0.782. The lowest BCUT2D eigenvalue weighted by atomic mass is 9.70. The molecule has 0 aromatic heterocycles. The molecule has 2 heteroatoms. The van der Waals surface area contributed by atoms with Crippen LogP contribution in [0.15, 0.2) is 36.4 Å². The van der Waals surface area contributed by atoms with Crippen LogP contribution in [-0.2, 0) is 9.53 Å². The van der Waals surface area contributed by atoms with E-state index in [1.165, 1.54) is 0 Å². The van der Waals surface area contributed by atoms with E-state index in [2.05, 4.69) is 24.1 Å². The summed E-state index contributed by atoms with van der Waals surface area (Å²) in [5, 5.41) is 2.32. The molecule has 0 spiro atoms. The first-order valence-electron chi connectivity index (χ1n) is 6.31. The van der Waals surface area contributed by atoms with Crippen molar-refractivity contribution in [1.82, 2.24) is 0 Å². The minimum Gasteiger partial charge on any atom is -0.360 e. The molecule has 2 aromatic carbocycles. The van der Waals surface area contributed by atoms with Crippen molar-refractivity contribution >= 4 is 16.6 Å². The molecule has 0 N–H and O–H groups in total. The third-order valence-corrected chi connectivity index (χ3v) is 3.71. The molecule has 0 fully saturated rings. The average molecular weight is 250 g/mol. The molecule has 3 rings (SSSR count). The van der Waals surface area contributed by atoms with Crippen molar-refractivity contribution in [2.75, 3.05) is 6.61 Å². The van der Waals surface area contributed by atoms with Gasteiger partial charge in [-0.3, -0.25) is 4.79 Å². The molecule has 2 aromatic rings. The van der Waals surface area contributed by atoms with Crippen molar-refractivity contribution in [3.05, 3.63) is 47.5 Å². The Morgan fingerprint density at radius 3 is 2.84 bits per heavy atom. The van der Waals surface area contributed by atoms with E-state index in [1.54, 1.807) is 6.92 Å². The van der Waals surface area contributed by atoms with Crippen LogP contribution in [0.25, 0.3) is 10.8 Å². The highest BCUT2D eigenvalue weighted by Crippen LogP contribution is 2.50. The molecular formula is C17H14O2. The van der Waals surface area contributed by atoms with Gasteiger partial charge in [0, 0.05) is 0 Å². The first kappa shape index (κ1) is 12.0. The van der Waals surface area contributed by atoms with E-state index >= 15 is 0 Å². The van der Waals surface area contributed by atoms with Crippen molar-refractivity contribution in [3.8, 4) is 12.3 Å². The molecule has 0 heterocycles. The number of fused-ring (bicyclic) bond motifs is 3. The molecule has 0 saturated heterocycles. The normalized spacial score (nSPS) is 20.4. The maximum Gasteiger partial charge on any atom is 0.140 e. The number of hydrogen-bond donors (Lipinski definition) is 0. The fourth-order valence-electron chi connectivity index (χ4n) is 2.88. The monoisotopic (exact) mass is 250 g/mol. The first-order valence-corrected chi connectivity index (χ1v) is 6.31. The van der Waals surface area contributed by atoms with E-state index in [4.69, 9.17) is 11.2 Å². The van der Waals surface area contributed by atoms with Crippen LogP contribution < -0.4 is 0 Å². The van der Waals surface area contributed by atoms with E-state index in [1.807, 2.05) is 18.2 Å². The predicted molar refractivity (Wildman–Crippen MR) is 74.9 cm³/mol. The summed E-state index contributed by atoms with van der Waals surface area (Å²) in [7, 11) is 0. The Balaban J connectivity index is 2.13. The fraction of sp³-hybridized carbons (Fsp3) is 0.235. The highest BCUT2D eigenvalue weighted by molar-refractivity contribution is 5.95. The topological polar surface area (TPSA) is 26.3 Å². The van der Waals surface area contributed by atoms with Gasteiger partial charge in [-0.1, -0.05) is 42.3 Å². The standard InChI is InChI=1S/C17H14O2/c1-3-10-19-17-15(11(2)18)14-9-8-12-6-4-5-7-13(12)16(14)17/h1,4-9,15,17H,10H2,2H3. The molecule has 0 saturated carbocycles. The maximum absolute atomic E-state index is 11.8. The van der Waals surface area contributed by atoms with Crippen LogP contribution in [0.4, 0.5) is 0 Å². The summed E-state index contributed by atoms with van der Waals surface area (Å²) in [6, 6.07) is 12.2. The second-order valence-corrected chi connectivity index (χ2v) is 4.81. The number of benzene rings is 2. The average Bonchev–Trinajstić information content (AvgIpc) is 2.38. The van der Waals surface area contributed by atoms with E-state index < -0.39 is 0 Å². The second-order valence-electron chi connectivity index (χ2n) is 4.81. The maximum atomic E-state index is 11.8. The Labute approximate surface area is 112 Å². The summed E-state index contributed by atoms with van der Waals surface area (Å²) in [5.41, 5.74) is 2.20. The lowest BCUT2D eigenvalue weighted by Crippen LogP contribution is -2.31. The van der Waals surface area contributed by atoms with E-state index in [9.17, 15) is 4.79 Å². The fourth-order valence-corrected chi connectivity index (χ4v) is 2.88. The number of ketones is 1. The number of carbonyl (C=O) groups excluding carboxylic acids is 1. The van der Waals surface area contributed by atoms with Gasteiger partial charge in [0.05, 0.1) is 12.0 Å². The van der Waals surface area contributed by atoms with Gasteiger partial charge in [-0.05, 0) is 28.8 Å². The molecule has 2 unspecified atom stereocenters. The zero-order chi connectivity index (χ0) is 13.4. The first-order chi connectivity index (χ1) is 9.24. The number of Topliss-reactive ketones (excluding diaryl/α,β-unsaturated/α-hetero) is 1. The van der Waals surface area contributed by atoms with Gasteiger partial charge in [0.1, 0.15) is 12.4 Å². The van der Waals surface area contributed by atoms with Gasteiger partial charge in [-0.15, -0.1) is 6.42 Å². The zero-order valence-corrected chi connectivity index (χ0v) is 10.7. The van der Waals surface area contributed by atoms with E-state index in [0.29, 0.717) is 0 Å². The Kier molecular flexibility index (Phi) is 2.85. The number of hydrogen-bond acceptors (Lipinski definition) is 2. The molecule has 1 aliphatic rings. The molecule has 0 amide bonds. The lowest BCUT2D eigenvalue weighted by Gasteiger charge is -2.38. The van der Waals surface area contributed by atoms with Crippen LogP contribution in [0.1, 0.15) is 30.1 Å². The van der Waals surface area contributed by atoms with E-state index in [-0.39, 0.29) is 24.4 Å². The molecule has 2 atom stereocenters. The SMILES string of the molecule is C#CCOC1c2c(ccc3ccccc23)C1C(C)=O. The van der Waals surface area contributed by atoms with Gasteiger partial charge < -0.3 is 4.74 Å². The lowest BCUT2D eigenvalue weighted by molar-refractivity contribution is -0.123. The smallest absolute Gasteiger partial charge is 0.140 e. The van der Waals surface area contributed by atoms with Gasteiger partial charge in [-0.25, -0.2) is 0 Å². The number of ether oxygens (including phenoxy) is 1. The van der Waals surface area contributed by atoms with Gasteiger partial charge >= 0.3 is 0 Å². The van der Waals surface area contributed by atoms with Crippen LogP contribution in [0, 0.1) is 12.3 Å². The van der Waals surface area contributed by atoms with E-state index in [0.717, 1.165) is 21.9 Å². The highest BCUT2D eigenvalue weighted by atomic mass is 16.5. The van der Waals surface area contributed by atoms with Gasteiger partial charge in [-0.2, -0.15) is 0 Å². The summed E-state index contributed by atoms with van der Waals surface area (Å²) in [4.78, 5) is 11.8. The van der Waals surface area contributed by atoms with Crippen LogP contribution >= 0.6 is 0 Å². The molecule has 94 valence electrons. The van der Waals surface area contributed by atoms with Crippen LogP contribution in [0.2, 0.25) is 0 Å². The molecule has 2 nitrogen and oxygen atoms in total. The van der Waals surface area contributed by atoms with Gasteiger partial charge in [0.25, 0.3) is 0 Å². The summed E-state index contributed by atoms with van der Waals surface area (Å²) in [6.45, 7) is 1.84. The Morgan fingerprint density at radius 2 is 2.11 bits per heavy atom. The van der Waals surface area contributed by atoms with Crippen molar-refractivity contribution in [2.45, 2.75) is 18.9 Å². The number of carbonyl (C=O) groups is 1. The minimum absolute atomic E-state index is 0.129. The molecule has 19 heavy (non-hydrogen) atoms. The second kappa shape index (κ2) is 4.53. The third kappa shape index (κ3) is 1.75. The van der Waals surface area contributed by atoms with Crippen molar-refractivity contribution in [2.24, 2.45) is 0 Å². The molecule has 0 bridgehead atoms. The third-order valence-electron chi connectivity index (χ3n) is 3.71. The molecular weight excluding hydrogens is 236 g/mol. The minimum atomic E-state index is -0.199. The molecule has 1 aliphatic carbocycles. The predicted octanol–water partition coefficient (Wildman–Crippen LogP) is 3.22. The molecule has 0 aliphatic heterocycles. The number of rotatable bonds is 3. The van der Waals surface area contributed by atoms with Gasteiger partial charge in [0.2, 0.25) is 0 Å². The largest absolute Gasteiger partial charge is 0.360 e. The summed E-state index contributed by atoms with van der Waals surface area (Å²) in [5.74, 6) is 2.43. The summed E-state index contributed by atoms with van der Waals surface area (Å²) < 4.78 is 5.68. The summed E-state index contributed by atoms with van der Waals surface area (Å²) >= 11 is 0. The van der Waals surface area contributed by atoms with Crippen LogP contribution in [-0.4, -0.2) is 12.4 Å². The Bertz CT molecular complexity index is 694. The van der Waals surface area contributed by atoms with Crippen molar-refractivity contribution < 1.29 is 9.53 Å². The van der Waals surface area contributed by atoms with Crippen molar-refractivity contribution in [3.63, 3.8) is 0 Å². The zero-order valence-electron chi connectivity index (χ0n) is 10.7. The summed E-state index contributed by atoms with van der Waals surface area (Å²) in [6.07, 6.45) is 5.05.